The van der Waals surface area contributed by atoms with Crippen LogP contribution in [0.5, 0.6) is 0 Å². The van der Waals surface area contributed by atoms with Crippen molar-refractivity contribution in [2.75, 3.05) is 18.5 Å². The topological polar surface area (TPSA) is 111 Å². The number of aromatic nitrogens is 2. The third-order valence-corrected chi connectivity index (χ3v) is 5.40. The predicted octanol–water partition coefficient (Wildman–Crippen LogP) is 3.50. The Morgan fingerprint density at radius 1 is 1.09 bits per heavy atom. The summed E-state index contributed by atoms with van der Waals surface area (Å²) in [5.74, 6) is -0.621. The van der Waals surface area contributed by atoms with Gasteiger partial charge in [-0.2, -0.15) is 0 Å². The van der Waals surface area contributed by atoms with Gasteiger partial charge in [-0.1, -0.05) is 24.3 Å². The van der Waals surface area contributed by atoms with Crippen molar-refractivity contribution in [2.24, 2.45) is 5.73 Å². The summed E-state index contributed by atoms with van der Waals surface area (Å²) in [6.45, 7) is 2.64. The number of ether oxygens (including phenoxy) is 1. The maximum Gasteiger partial charge on any atom is 0.325 e. The highest BCUT2D eigenvalue weighted by atomic mass is 19.1. The molecule has 0 saturated heterocycles. The van der Waals surface area contributed by atoms with E-state index in [1.807, 2.05) is 24.3 Å². The second kappa shape index (κ2) is 10.8. The molecule has 0 spiro atoms. The molecule has 35 heavy (non-hydrogen) atoms. The number of imidazole rings is 1. The molecular weight excluding hydrogens is 449 g/mol. The first-order chi connectivity index (χ1) is 17.0. The Balaban J connectivity index is 1.68. The molecule has 4 aromatic rings. The van der Waals surface area contributed by atoms with Crippen molar-refractivity contribution in [1.29, 1.82) is 0 Å². The summed E-state index contributed by atoms with van der Waals surface area (Å²) in [6.07, 6.45) is 1.74. The minimum atomic E-state index is -0.430. The van der Waals surface area contributed by atoms with Crippen molar-refractivity contribution in [3.63, 3.8) is 0 Å². The molecule has 9 heteroatoms. The van der Waals surface area contributed by atoms with Crippen molar-refractivity contribution >= 4 is 23.3 Å². The lowest BCUT2D eigenvalue weighted by molar-refractivity contribution is -0.140. The first-order valence-electron chi connectivity index (χ1n) is 11.2. The Bertz CT molecular complexity index is 1350. The van der Waals surface area contributed by atoms with Crippen LogP contribution in [0, 0.1) is 5.82 Å². The lowest BCUT2D eigenvalue weighted by Gasteiger charge is -2.10. The largest absolute Gasteiger partial charge is 0.465 e. The van der Waals surface area contributed by atoms with Crippen molar-refractivity contribution < 1.29 is 18.7 Å². The number of rotatable bonds is 9. The van der Waals surface area contributed by atoms with Gasteiger partial charge in [-0.05, 0) is 54.4 Å². The molecule has 2 aromatic heterocycles. The van der Waals surface area contributed by atoms with Crippen molar-refractivity contribution in [1.82, 2.24) is 14.7 Å². The molecule has 180 valence electrons. The zero-order valence-corrected chi connectivity index (χ0v) is 19.3. The highest BCUT2D eigenvalue weighted by Gasteiger charge is 2.20. The third-order valence-electron chi connectivity index (χ3n) is 5.40. The number of hydrogen-bond acceptors (Lipinski definition) is 6. The van der Waals surface area contributed by atoms with E-state index in [2.05, 4.69) is 15.6 Å². The van der Waals surface area contributed by atoms with E-state index in [0.29, 0.717) is 41.4 Å². The second-order valence-electron chi connectivity index (χ2n) is 7.80. The molecule has 0 fully saturated rings. The van der Waals surface area contributed by atoms with Gasteiger partial charge in [-0.3, -0.25) is 14.0 Å². The Kier molecular flexibility index (Phi) is 7.37. The van der Waals surface area contributed by atoms with Crippen LogP contribution in [-0.2, 0) is 22.6 Å². The van der Waals surface area contributed by atoms with E-state index in [9.17, 15) is 14.0 Å². The Hall–Kier alpha value is -4.24. The molecule has 4 rings (SSSR count). The minimum absolute atomic E-state index is 0.0935. The molecule has 8 nitrogen and oxygen atoms in total. The number of nitrogens with zero attached hydrogens (tertiary/aromatic N) is 2. The summed E-state index contributed by atoms with van der Waals surface area (Å²) in [4.78, 5) is 29.8. The Labute approximate surface area is 201 Å². The molecule has 4 N–H and O–H groups in total. The molecule has 2 heterocycles. The Morgan fingerprint density at radius 3 is 2.60 bits per heavy atom. The van der Waals surface area contributed by atoms with Gasteiger partial charge >= 0.3 is 5.97 Å². The van der Waals surface area contributed by atoms with Gasteiger partial charge < -0.3 is 21.1 Å². The van der Waals surface area contributed by atoms with Gasteiger partial charge in [0, 0.05) is 24.8 Å². The van der Waals surface area contributed by atoms with Crippen LogP contribution in [0.3, 0.4) is 0 Å². The van der Waals surface area contributed by atoms with E-state index < -0.39 is 5.97 Å². The number of benzene rings is 2. The molecule has 0 saturated carbocycles. The van der Waals surface area contributed by atoms with Crippen molar-refractivity contribution in [3.8, 4) is 11.3 Å². The number of nitrogens with one attached hydrogen (secondary N) is 2. The number of nitrogens with two attached hydrogens (primary N) is 1. The summed E-state index contributed by atoms with van der Waals surface area (Å²) >= 11 is 0. The van der Waals surface area contributed by atoms with Gasteiger partial charge in [0.15, 0.2) is 5.65 Å². The number of fused-ring (bicyclic) bond motifs is 1. The van der Waals surface area contributed by atoms with Gasteiger partial charge in [0.05, 0.1) is 12.2 Å². The minimum Gasteiger partial charge on any atom is -0.465 e. The van der Waals surface area contributed by atoms with Crippen LogP contribution >= 0.6 is 0 Å². The quantitative estimate of drug-likeness (QED) is 0.320. The van der Waals surface area contributed by atoms with Gasteiger partial charge in [0.1, 0.15) is 23.9 Å². The smallest absolute Gasteiger partial charge is 0.325 e. The van der Waals surface area contributed by atoms with Crippen LogP contribution in [0.4, 0.5) is 10.2 Å². The fraction of sp³-hybridized carbons (Fsp3) is 0.192. The summed E-state index contributed by atoms with van der Waals surface area (Å²) < 4.78 is 20.2. The normalized spacial score (nSPS) is 10.8. The van der Waals surface area contributed by atoms with Gasteiger partial charge in [0.25, 0.3) is 5.91 Å². The number of hydrogen-bond donors (Lipinski definition) is 3. The van der Waals surface area contributed by atoms with Gasteiger partial charge in [-0.25, -0.2) is 9.37 Å². The van der Waals surface area contributed by atoms with E-state index in [1.54, 1.807) is 41.8 Å². The monoisotopic (exact) mass is 475 g/mol. The first-order valence-corrected chi connectivity index (χ1v) is 11.2. The van der Waals surface area contributed by atoms with Crippen molar-refractivity contribution in [3.05, 3.63) is 89.4 Å². The average molecular weight is 476 g/mol. The molecule has 0 aliphatic rings. The van der Waals surface area contributed by atoms with Crippen LogP contribution in [0.1, 0.15) is 28.4 Å². The molecule has 1 amide bonds. The highest BCUT2D eigenvalue weighted by Crippen LogP contribution is 2.30. The van der Waals surface area contributed by atoms with Crippen LogP contribution in [0.2, 0.25) is 0 Å². The fourth-order valence-corrected chi connectivity index (χ4v) is 3.73. The number of halogens is 1. The van der Waals surface area contributed by atoms with Crippen molar-refractivity contribution in [2.45, 2.75) is 20.0 Å². The number of pyridine rings is 1. The van der Waals surface area contributed by atoms with E-state index in [4.69, 9.17) is 10.5 Å². The maximum absolute atomic E-state index is 13.5. The lowest BCUT2D eigenvalue weighted by Crippen LogP contribution is -2.23. The SMILES string of the molecule is CCOC(=O)CNc1c(-c2ccc(F)cc2)nc2c(C(=O)NCc3cccc(CN)c3)cccn12. The van der Waals surface area contributed by atoms with Gasteiger partial charge in [0.2, 0.25) is 0 Å². The summed E-state index contributed by atoms with van der Waals surface area (Å²) in [5.41, 5.74) is 9.48. The molecular formula is C26H26FN5O3. The summed E-state index contributed by atoms with van der Waals surface area (Å²) in [5, 5.41) is 5.98. The number of anilines is 1. The van der Waals surface area contributed by atoms with Gasteiger partial charge in [-0.15, -0.1) is 0 Å². The zero-order chi connectivity index (χ0) is 24.8. The van der Waals surface area contributed by atoms with E-state index >= 15 is 0 Å². The fourth-order valence-electron chi connectivity index (χ4n) is 3.73. The van der Waals surface area contributed by atoms with Crippen LogP contribution in [0.15, 0.2) is 66.9 Å². The van der Waals surface area contributed by atoms with Crippen LogP contribution < -0.4 is 16.4 Å². The average Bonchev–Trinajstić information content (AvgIpc) is 3.25. The van der Waals surface area contributed by atoms with Crippen LogP contribution in [-0.4, -0.2) is 34.4 Å². The molecule has 2 aromatic carbocycles. The predicted molar refractivity (Wildman–Crippen MR) is 131 cm³/mol. The molecule has 0 aliphatic heterocycles. The first kappa shape index (κ1) is 23.9. The van der Waals surface area contributed by atoms with E-state index in [1.165, 1.54) is 12.1 Å². The maximum atomic E-state index is 13.5. The number of esters is 1. The van der Waals surface area contributed by atoms with E-state index in [0.717, 1.165) is 11.1 Å². The lowest BCUT2D eigenvalue weighted by atomic mass is 10.1. The third kappa shape index (κ3) is 5.47. The second-order valence-corrected chi connectivity index (χ2v) is 7.80. The number of amides is 1. The Morgan fingerprint density at radius 2 is 1.86 bits per heavy atom. The highest BCUT2D eigenvalue weighted by molar-refractivity contribution is 6.01. The number of carbonyl (C=O) groups is 2. The molecule has 0 atom stereocenters. The molecule has 0 bridgehead atoms. The number of carbonyl (C=O) groups excluding carboxylic acids is 2. The zero-order valence-electron chi connectivity index (χ0n) is 19.3. The summed E-state index contributed by atoms with van der Waals surface area (Å²) in [7, 11) is 0. The standard InChI is InChI=1S/C26H26FN5O3/c1-2-35-22(33)16-29-25-23(19-8-10-20(27)11-9-19)31-24-21(7-4-12-32(24)25)26(34)30-15-18-6-3-5-17(13-18)14-28/h3-13,29H,2,14-16,28H2,1H3,(H,30,34). The van der Waals surface area contributed by atoms with Crippen LogP contribution in [0.25, 0.3) is 16.9 Å². The molecule has 0 unspecified atom stereocenters. The summed E-state index contributed by atoms with van der Waals surface area (Å²) in [6, 6.07) is 16.9. The molecule has 0 aliphatic carbocycles. The van der Waals surface area contributed by atoms with E-state index in [-0.39, 0.29) is 24.9 Å². The molecule has 0 radical (unpaired) electrons.